The topological polar surface area (TPSA) is 90.2 Å². The van der Waals surface area contributed by atoms with Crippen LogP contribution in [0.3, 0.4) is 0 Å². The molecule has 18 heavy (non-hydrogen) atoms. The van der Waals surface area contributed by atoms with E-state index in [0.717, 1.165) is 25.7 Å². The molecule has 108 valence electrons. The molecule has 1 heterocycles. The van der Waals surface area contributed by atoms with Gasteiger partial charge in [0.1, 0.15) is 18.3 Å². The molecule has 4 N–H and O–H groups in total. The summed E-state index contributed by atoms with van der Waals surface area (Å²) in [5.74, 6) is -1.50. The van der Waals surface area contributed by atoms with E-state index in [4.69, 9.17) is 4.74 Å². The minimum Gasteiger partial charge on any atom is -0.388 e. The average Bonchev–Trinajstić information content (AvgIpc) is 2.37. The molecule has 1 fully saturated rings. The van der Waals surface area contributed by atoms with Crippen LogP contribution in [0.25, 0.3) is 0 Å². The molecule has 0 aromatic carbocycles. The van der Waals surface area contributed by atoms with E-state index in [2.05, 4.69) is 6.92 Å². The van der Waals surface area contributed by atoms with Crippen LogP contribution in [0.1, 0.15) is 46.0 Å². The fourth-order valence-corrected chi connectivity index (χ4v) is 2.43. The fraction of sp³-hybridized carbons (Fsp3) is 1.00. The maximum atomic E-state index is 10.3. The van der Waals surface area contributed by atoms with Crippen LogP contribution < -0.4 is 0 Å². The first-order valence-corrected chi connectivity index (χ1v) is 6.85. The first-order valence-electron chi connectivity index (χ1n) is 6.85. The van der Waals surface area contributed by atoms with Gasteiger partial charge in [-0.3, -0.25) is 0 Å². The highest BCUT2D eigenvalue weighted by Gasteiger charge is 2.48. The van der Waals surface area contributed by atoms with Crippen LogP contribution in [-0.2, 0) is 4.74 Å². The minimum atomic E-state index is -1.74. The van der Waals surface area contributed by atoms with Crippen LogP contribution in [0.15, 0.2) is 0 Å². The maximum absolute atomic E-state index is 10.3. The van der Waals surface area contributed by atoms with Crippen LogP contribution in [0.5, 0.6) is 0 Å². The molecular formula is C13H26O5. The van der Waals surface area contributed by atoms with E-state index in [9.17, 15) is 20.4 Å². The number of hydrogen-bond donors (Lipinski definition) is 4. The van der Waals surface area contributed by atoms with Gasteiger partial charge in [-0.25, -0.2) is 0 Å². The first kappa shape index (κ1) is 15.9. The van der Waals surface area contributed by atoms with Crippen LogP contribution in [0.2, 0.25) is 0 Å². The van der Waals surface area contributed by atoms with Gasteiger partial charge < -0.3 is 25.2 Å². The number of rotatable bonds is 6. The third kappa shape index (κ3) is 3.65. The lowest BCUT2D eigenvalue weighted by Gasteiger charge is -2.43. The first-order chi connectivity index (χ1) is 8.44. The molecule has 1 saturated heterocycles. The largest absolute Gasteiger partial charge is 0.388 e. The zero-order valence-corrected chi connectivity index (χ0v) is 11.2. The van der Waals surface area contributed by atoms with E-state index in [1.165, 1.54) is 0 Å². The van der Waals surface area contributed by atoms with Crippen LogP contribution in [0.4, 0.5) is 0 Å². The van der Waals surface area contributed by atoms with Crippen molar-refractivity contribution in [2.45, 2.75) is 70.1 Å². The van der Waals surface area contributed by atoms with Crippen molar-refractivity contribution in [2.24, 2.45) is 5.92 Å². The van der Waals surface area contributed by atoms with Gasteiger partial charge >= 0.3 is 0 Å². The minimum absolute atomic E-state index is 0.154. The summed E-state index contributed by atoms with van der Waals surface area (Å²) in [6, 6.07) is 0. The highest BCUT2D eigenvalue weighted by molar-refractivity contribution is 4.92. The summed E-state index contributed by atoms with van der Waals surface area (Å²) in [5.41, 5.74) is 0. The van der Waals surface area contributed by atoms with Gasteiger partial charge in [-0.15, -0.1) is 0 Å². The van der Waals surface area contributed by atoms with Gasteiger partial charge in [-0.1, -0.05) is 39.5 Å². The van der Waals surface area contributed by atoms with Gasteiger partial charge in [0.25, 0.3) is 0 Å². The highest BCUT2D eigenvalue weighted by Crippen LogP contribution is 2.32. The zero-order valence-electron chi connectivity index (χ0n) is 11.2. The standard InChI is InChI=1S/C13H26O5/c1-3-5-6-9(4-2)7-13(17)12(16)11(15)10(14)8-18-13/h9-12,14-17H,3-8H2,1-2H3/t9?,10-,11+,12-,13?/m1/s1. The van der Waals surface area contributed by atoms with E-state index in [0.29, 0.717) is 0 Å². The second-order valence-electron chi connectivity index (χ2n) is 5.28. The molecule has 0 aromatic heterocycles. The molecule has 5 atom stereocenters. The molecule has 0 aliphatic carbocycles. The predicted octanol–water partition coefficient (Wildman–Crippen LogP) is 0.394. The molecule has 0 amide bonds. The summed E-state index contributed by atoms with van der Waals surface area (Å²) >= 11 is 0. The number of hydrogen-bond acceptors (Lipinski definition) is 5. The van der Waals surface area contributed by atoms with Crippen molar-refractivity contribution in [1.82, 2.24) is 0 Å². The Kier molecular flexibility index (Phi) is 6.01. The van der Waals surface area contributed by atoms with Gasteiger partial charge in [0, 0.05) is 6.42 Å². The molecule has 0 bridgehead atoms. The lowest BCUT2D eigenvalue weighted by Crippen LogP contribution is -2.61. The lowest BCUT2D eigenvalue weighted by atomic mass is 9.85. The van der Waals surface area contributed by atoms with Crippen molar-refractivity contribution >= 4 is 0 Å². The molecule has 0 aromatic rings. The van der Waals surface area contributed by atoms with Gasteiger partial charge in [-0.05, 0) is 5.92 Å². The lowest BCUT2D eigenvalue weighted by molar-refractivity contribution is -0.327. The molecule has 2 unspecified atom stereocenters. The van der Waals surface area contributed by atoms with E-state index >= 15 is 0 Å². The molecule has 5 heteroatoms. The van der Waals surface area contributed by atoms with Crippen LogP contribution in [0, 0.1) is 5.92 Å². The van der Waals surface area contributed by atoms with Crippen molar-refractivity contribution in [1.29, 1.82) is 0 Å². The number of ether oxygens (including phenoxy) is 1. The summed E-state index contributed by atoms with van der Waals surface area (Å²) in [4.78, 5) is 0. The summed E-state index contributed by atoms with van der Waals surface area (Å²) in [6.45, 7) is 3.98. The molecule has 1 aliphatic heterocycles. The van der Waals surface area contributed by atoms with Gasteiger partial charge in [0.15, 0.2) is 5.79 Å². The molecule has 0 spiro atoms. The SMILES string of the molecule is CCCCC(CC)CC1(O)OC[C@@H](O)[C@H](O)[C@H]1O. The van der Waals surface area contributed by atoms with Crippen LogP contribution in [-0.4, -0.2) is 51.1 Å². The average molecular weight is 262 g/mol. The summed E-state index contributed by atoms with van der Waals surface area (Å²) in [5, 5.41) is 39.1. The van der Waals surface area contributed by atoms with E-state index < -0.39 is 24.1 Å². The predicted molar refractivity (Wildman–Crippen MR) is 66.8 cm³/mol. The molecule has 0 radical (unpaired) electrons. The Morgan fingerprint density at radius 1 is 1.28 bits per heavy atom. The normalized spacial score (nSPS) is 38.7. The third-order valence-electron chi connectivity index (χ3n) is 3.81. The van der Waals surface area contributed by atoms with Crippen molar-refractivity contribution in [3.8, 4) is 0 Å². The Bertz CT molecular complexity index is 248. The summed E-state index contributed by atoms with van der Waals surface area (Å²) in [6.07, 6.45) is 0.325. The second-order valence-corrected chi connectivity index (χ2v) is 5.28. The van der Waals surface area contributed by atoms with Crippen molar-refractivity contribution in [2.75, 3.05) is 6.61 Å². The molecular weight excluding hydrogens is 236 g/mol. The Morgan fingerprint density at radius 3 is 2.50 bits per heavy atom. The summed E-state index contributed by atoms with van der Waals surface area (Å²) < 4.78 is 5.17. The Hall–Kier alpha value is -0.200. The monoisotopic (exact) mass is 262 g/mol. The number of aliphatic hydroxyl groups excluding tert-OH is 3. The Labute approximate surface area is 108 Å². The maximum Gasteiger partial charge on any atom is 0.194 e. The van der Waals surface area contributed by atoms with E-state index in [1.807, 2.05) is 6.92 Å². The molecule has 1 aliphatic rings. The van der Waals surface area contributed by atoms with Gasteiger partial charge in [0.2, 0.25) is 0 Å². The number of unbranched alkanes of at least 4 members (excludes halogenated alkanes) is 1. The molecule has 5 nitrogen and oxygen atoms in total. The van der Waals surface area contributed by atoms with Gasteiger partial charge in [0.05, 0.1) is 6.61 Å². The fourth-order valence-electron chi connectivity index (χ4n) is 2.43. The molecule has 1 rings (SSSR count). The Balaban J connectivity index is 2.62. The van der Waals surface area contributed by atoms with Crippen LogP contribution >= 0.6 is 0 Å². The number of aliphatic hydroxyl groups is 4. The highest BCUT2D eigenvalue weighted by atomic mass is 16.6. The third-order valence-corrected chi connectivity index (χ3v) is 3.81. The van der Waals surface area contributed by atoms with Crippen molar-refractivity contribution in [3.63, 3.8) is 0 Å². The smallest absolute Gasteiger partial charge is 0.194 e. The second kappa shape index (κ2) is 6.82. The van der Waals surface area contributed by atoms with E-state index in [1.54, 1.807) is 0 Å². The van der Waals surface area contributed by atoms with Crippen molar-refractivity contribution < 1.29 is 25.2 Å². The molecule has 0 saturated carbocycles. The van der Waals surface area contributed by atoms with Gasteiger partial charge in [-0.2, -0.15) is 0 Å². The Morgan fingerprint density at radius 2 is 1.94 bits per heavy atom. The zero-order chi connectivity index (χ0) is 13.8. The quantitative estimate of drug-likeness (QED) is 0.556. The van der Waals surface area contributed by atoms with E-state index in [-0.39, 0.29) is 18.9 Å². The van der Waals surface area contributed by atoms with Crippen molar-refractivity contribution in [3.05, 3.63) is 0 Å². The summed E-state index contributed by atoms with van der Waals surface area (Å²) in [7, 11) is 0.